The number of aliphatic hydroxyl groups is 1. The predicted molar refractivity (Wildman–Crippen MR) is 69.8 cm³/mol. The molecule has 94 valence electrons. The Bertz CT molecular complexity index is 559. The maximum atomic E-state index is 13.1. The van der Waals surface area contributed by atoms with Crippen LogP contribution in [-0.2, 0) is 6.54 Å². The second kappa shape index (κ2) is 5.48. The van der Waals surface area contributed by atoms with Crippen molar-refractivity contribution in [3.63, 3.8) is 0 Å². The molecule has 1 unspecified atom stereocenters. The number of nitrogens with two attached hydrogens (primary N) is 1. The van der Waals surface area contributed by atoms with Gasteiger partial charge in [0.05, 0.1) is 5.02 Å². The van der Waals surface area contributed by atoms with E-state index in [0.717, 1.165) is 5.56 Å². The lowest BCUT2D eigenvalue weighted by molar-refractivity contribution is 0.220. The Morgan fingerprint density at radius 1 is 1.17 bits per heavy atom. The minimum atomic E-state index is -0.838. The molecule has 0 saturated heterocycles. The van der Waals surface area contributed by atoms with Crippen LogP contribution in [0, 0.1) is 5.82 Å². The fraction of sp³-hybridized carbons (Fsp3) is 0.143. The Morgan fingerprint density at radius 3 is 2.56 bits per heavy atom. The van der Waals surface area contributed by atoms with Gasteiger partial charge in [0, 0.05) is 6.54 Å². The second-order valence-electron chi connectivity index (χ2n) is 4.03. The van der Waals surface area contributed by atoms with Crippen molar-refractivity contribution in [3.8, 4) is 0 Å². The molecule has 1 atom stereocenters. The first-order valence-corrected chi connectivity index (χ1v) is 5.91. The number of hydrogen-bond donors (Lipinski definition) is 2. The quantitative estimate of drug-likeness (QED) is 0.896. The highest BCUT2D eigenvalue weighted by molar-refractivity contribution is 6.30. The highest BCUT2D eigenvalue weighted by Gasteiger charge is 2.12. The van der Waals surface area contributed by atoms with Gasteiger partial charge in [-0.1, -0.05) is 41.9 Å². The number of hydrogen-bond acceptors (Lipinski definition) is 2. The second-order valence-corrected chi connectivity index (χ2v) is 4.43. The van der Waals surface area contributed by atoms with Gasteiger partial charge in [-0.05, 0) is 28.8 Å². The summed E-state index contributed by atoms with van der Waals surface area (Å²) in [5, 5.41) is 10.2. The highest BCUT2D eigenvalue weighted by atomic mass is 35.5. The fourth-order valence-electron chi connectivity index (χ4n) is 1.77. The molecule has 2 rings (SSSR count). The molecule has 0 aromatic heterocycles. The summed E-state index contributed by atoms with van der Waals surface area (Å²) in [6, 6.07) is 11.5. The smallest absolute Gasteiger partial charge is 0.141 e. The molecule has 0 heterocycles. The van der Waals surface area contributed by atoms with Crippen LogP contribution in [0.4, 0.5) is 4.39 Å². The summed E-state index contributed by atoms with van der Waals surface area (Å²) in [5.74, 6) is -0.497. The zero-order valence-electron chi connectivity index (χ0n) is 9.61. The van der Waals surface area contributed by atoms with Crippen molar-refractivity contribution in [1.29, 1.82) is 0 Å². The highest BCUT2D eigenvalue weighted by Crippen LogP contribution is 2.26. The van der Waals surface area contributed by atoms with Gasteiger partial charge in [-0.25, -0.2) is 4.39 Å². The maximum absolute atomic E-state index is 13.1. The molecule has 0 radical (unpaired) electrons. The van der Waals surface area contributed by atoms with Crippen molar-refractivity contribution in [2.24, 2.45) is 5.73 Å². The average molecular weight is 266 g/mol. The summed E-state index contributed by atoms with van der Waals surface area (Å²) >= 11 is 5.70. The molecule has 3 N–H and O–H groups in total. The predicted octanol–water partition coefficient (Wildman–Crippen LogP) is 3.02. The van der Waals surface area contributed by atoms with E-state index in [2.05, 4.69) is 0 Å². The van der Waals surface area contributed by atoms with Crippen molar-refractivity contribution in [2.75, 3.05) is 0 Å². The molecule has 0 amide bonds. The minimum Gasteiger partial charge on any atom is -0.384 e. The van der Waals surface area contributed by atoms with E-state index < -0.39 is 11.9 Å². The Kier molecular flexibility index (Phi) is 3.97. The third kappa shape index (κ3) is 2.70. The third-order valence-corrected chi connectivity index (χ3v) is 3.05. The molecule has 2 nitrogen and oxygen atoms in total. The first-order chi connectivity index (χ1) is 8.61. The Hall–Kier alpha value is -1.42. The summed E-state index contributed by atoms with van der Waals surface area (Å²) in [4.78, 5) is 0. The Labute approximate surface area is 110 Å². The molecular weight excluding hydrogens is 253 g/mol. The van der Waals surface area contributed by atoms with Gasteiger partial charge < -0.3 is 10.8 Å². The maximum Gasteiger partial charge on any atom is 0.141 e. The minimum absolute atomic E-state index is 0.00142. The first-order valence-electron chi connectivity index (χ1n) is 5.53. The van der Waals surface area contributed by atoms with Crippen LogP contribution >= 0.6 is 11.6 Å². The van der Waals surface area contributed by atoms with Gasteiger partial charge in [0.2, 0.25) is 0 Å². The zero-order valence-corrected chi connectivity index (χ0v) is 10.4. The van der Waals surface area contributed by atoms with Crippen LogP contribution in [0.2, 0.25) is 5.02 Å². The van der Waals surface area contributed by atoms with E-state index in [1.807, 2.05) is 18.2 Å². The molecule has 18 heavy (non-hydrogen) atoms. The Morgan fingerprint density at radius 2 is 1.89 bits per heavy atom. The van der Waals surface area contributed by atoms with Gasteiger partial charge in [0.15, 0.2) is 0 Å². The molecule has 0 spiro atoms. The van der Waals surface area contributed by atoms with Gasteiger partial charge in [-0.2, -0.15) is 0 Å². The number of halogens is 2. The lowest BCUT2D eigenvalue weighted by Gasteiger charge is -2.13. The topological polar surface area (TPSA) is 46.2 Å². The van der Waals surface area contributed by atoms with E-state index in [1.54, 1.807) is 6.07 Å². The van der Waals surface area contributed by atoms with Crippen molar-refractivity contribution in [2.45, 2.75) is 12.6 Å². The lowest BCUT2D eigenvalue weighted by atomic mass is 10.00. The van der Waals surface area contributed by atoms with Crippen LogP contribution in [0.3, 0.4) is 0 Å². The van der Waals surface area contributed by atoms with E-state index in [9.17, 15) is 9.50 Å². The number of aliphatic hydroxyl groups excluding tert-OH is 1. The van der Waals surface area contributed by atoms with Crippen molar-refractivity contribution in [1.82, 2.24) is 0 Å². The van der Waals surface area contributed by atoms with E-state index in [4.69, 9.17) is 17.3 Å². The molecule has 4 heteroatoms. The van der Waals surface area contributed by atoms with Crippen LogP contribution < -0.4 is 5.73 Å². The fourth-order valence-corrected chi connectivity index (χ4v) is 1.95. The summed E-state index contributed by atoms with van der Waals surface area (Å²) in [5.41, 5.74) is 7.74. The van der Waals surface area contributed by atoms with Crippen LogP contribution in [0.1, 0.15) is 22.8 Å². The van der Waals surface area contributed by atoms with Gasteiger partial charge in [-0.15, -0.1) is 0 Å². The van der Waals surface area contributed by atoms with Crippen molar-refractivity contribution in [3.05, 3.63) is 70.0 Å². The molecule has 2 aromatic carbocycles. The monoisotopic (exact) mass is 265 g/mol. The molecule has 0 aliphatic rings. The number of benzene rings is 2. The van der Waals surface area contributed by atoms with E-state index >= 15 is 0 Å². The average Bonchev–Trinajstić information content (AvgIpc) is 2.41. The van der Waals surface area contributed by atoms with Crippen LogP contribution in [-0.4, -0.2) is 5.11 Å². The van der Waals surface area contributed by atoms with Crippen molar-refractivity contribution < 1.29 is 9.50 Å². The van der Waals surface area contributed by atoms with E-state index in [1.165, 1.54) is 18.2 Å². The summed E-state index contributed by atoms with van der Waals surface area (Å²) in [7, 11) is 0. The van der Waals surface area contributed by atoms with E-state index in [0.29, 0.717) is 17.7 Å². The Balaban J connectivity index is 2.34. The van der Waals surface area contributed by atoms with Crippen LogP contribution in [0.15, 0.2) is 42.5 Å². The molecule has 0 fully saturated rings. The molecule has 2 aromatic rings. The molecule has 0 aliphatic carbocycles. The van der Waals surface area contributed by atoms with Gasteiger partial charge in [0.25, 0.3) is 0 Å². The third-order valence-electron chi connectivity index (χ3n) is 2.76. The molecule has 0 aliphatic heterocycles. The first kappa shape index (κ1) is 13.0. The standard InChI is InChI=1S/C14H13ClFNO/c15-12-7-11(4-5-13(12)16)14(18)10-3-1-2-9(6-10)8-17/h1-7,14,18H,8,17H2. The zero-order chi connectivity index (χ0) is 13.1. The van der Waals surface area contributed by atoms with Gasteiger partial charge in [-0.3, -0.25) is 0 Å². The van der Waals surface area contributed by atoms with Crippen LogP contribution in [0.5, 0.6) is 0 Å². The molecule has 0 saturated carbocycles. The van der Waals surface area contributed by atoms with Crippen LogP contribution in [0.25, 0.3) is 0 Å². The normalized spacial score (nSPS) is 12.4. The summed E-state index contributed by atoms with van der Waals surface area (Å²) in [6.45, 7) is 0.407. The lowest BCUT2D eigenvalue weighted by Crippen LogP contribution is -2.02. The van der Waals surface area contributed by atoms with Crippen molar-refractivity contribution >= 4 is 11.6 Å². The van der Waals surface area contributed by atoms with Gasteiger partial charge >= 0.3 is 0 Å². The SMILES string of the molecule is NCc1cccc(C(O)c2ccc(F)c(Cl)c2)c1. The molecule has 0 bridgehead atoms. The van der Waals surface area contributed by atoms with Gasteiger partial charge in [0.1, 0.15) is 11.9 Å². The molecular formula is C14H13ClFNO. The summed E-state index contributed by atoms with van der Waals surface area (Å²) < 4.78 is 13.1. The largest absolute Gasteiger partial charge is 0.384 e. The number of rotatable bonds is 3. The van der Waals surface area contributed by atoms with E-state index in [-0.39, 0.29) is 5.02 Å². The summed E-state index contributed by atoms with van der Waals surface area (Å²) in [6.07, 6.45) is -0.838.